The number of aromatic nitrogens is 1. The topological polar surface area (TPSA) is 73.7 Å². The highest BCUT2D eigenvalue weighted by Gasteiger charge is 2.35. The van der Waals surface area contributed by atoms with Crippen molar-refractivity contribution in [2.45, 2.75) is 18.4 Å². The Bertz CT molecular complexity index is 369. The first kappa shape index (κ1) is 10.9. The second-order valence-electron chi connectivity index (χ2n) is 3.99. The van der Waals surface area contributed by atoms with Crippen molar-refractivity contribution in [2.75, 3.05) is 13.2 Å². The molecule has 1 saturated heterocycles. The fraction of sp³-hybridized carbons (Fsp3) is 0.455. The number of aliphatic hydroxyl groups excluding tert-OH is 1. The number of aliphatic hydroxyl groups is 1. The third-order valence-electron chi connectivity index (χ3n) is 3.03. The van der Waals surface area contributed by atoms with Gasteiger partial charge in [-0.3, -0.25) is 4.98 Å². The smallest absolute Gasteiger partial charge is 0.407 e. The second-order valence-corrected chi connectivity index (χ2v) is 3.99. The molecule has 2 N–H and O–H groups in total. The van der Waals surface area contributed by atoms with E-state index < -0.39 is 6.09 Å². The van der Waals surface area contributed by atoms with Crippen LogP contribution in [-0.2, 0) is 0 Å². The molecule has 5 heteroatoms. The minimum absolute atomic E-state index is 0.122. The summed E-state index contributed by atoms with van der Waals surface area (Å²) >= 11 is 0. The van der Waals surface area contributed by atoms with E-state index in [0.717, 1.165) is 5.56 Å². The fourth-order valence-electron chi connectivity index (χ4n) is 2.18. The van der Waals surface area contributed by atoms with Crippen LogP contribution in [0, 0.1) is 0 Å². The van der Waals surface area contributed by atoms with Gasteiger partial charge < -0.3 is 15.1 Å². The Morgan fingerprint density at radius 1 is 1.62 bits per heavy atom. The van der Waals surface area contributed by atoms with Crippen molar-refractivity contribution < 1.29 is 15.0 Å². The summed E-state index contributed by atoms with van der Waals surface area (Å²) in [5.41, 5.74) is 1.03. The van der Waals surface area contributed by atoms with Gasteiger partial charge in [0.1, 0.15) is 0 Å². The van der Waals surface area contributed by atoms with Crippen LogP contribution < -0.4 is 0 Å². The van der Waals surface area contributed by atoms with Gasteiger partial charge in [0.05, 0.1) is 12.6 Å². The van der Waals surface area contributed by atoms with Gasteiger partial charge in [-0.05, 0) is 18.1 Å². The molecular weight excluding hydrogens is 208 g/mol. The van der Waals surface area contributed by atoms with Crippen LogP contribution in [0.2, 0.25) is 0 Å². The molecule has 5 nitrogen and oxygen atoms in total. The Morgan fingerprint density at radius 2 is 2.44 bits per heavy atom. The van der Waals surface area contributed by atoms with Crippen molar-refractivity contribution in [2.24, 2.45) is 0 Å². The van der Waals surface area contributed by atoms with E-state index in [-0.39, 0.29) is 18.6 Å². The van der Waals surface area contributed by atoms with Gasteiger partial charge in [-0.25, -0.2) is 4.79 Å². The van der Waals surface area contributed by atoms with Crippen molar-refractivity contribution in [1.82, 2.24) is 9.88 Å². The number of carboxylic acid groups (broad SMARTS) is 1. The third kappa shape index (κ3) is 1.99. The van der Waals surface area contributed by atoms with Crippen LogP contribution in [0.25, 0.3) is 0 Å². The molecule has 16 heavy (non-hydrogen) atoms. The van der Waals surface area contributed by atoms with E-state index in [2.05, 4.69) is 4.98 Å². The average Bonchev–Trinajstić information content (AvgIpc) is 2.74. The average molecular weight is 222 g/mol. The summed E-state index contributed by atoms with van der Waals surface area (Å²) in [5.74, 6) is 0.141. The van der Waals surface area contributed by atoms with Gasteiger partial charge in [-0.2, -0.15) is 0 Å². The van der Waals surface area contributed by atoms with E-state index >= 15 is 0 Å². The van der Waals surface area contributed by atoms with Crippen LogP contribution in [0.4, 0.5) is 4.79 Å². The first-order chi connectivity index (χ1) is 7.72. The van der Waals surface area contributed by atoms with Crippen LogP contribution in [0.5, 0.6) is 0 Å². The van der Waals surface area contributed by atoms with E-state index in [1.807, 2.05) is 12.1 Å². The standard InChI is InChI=1S/C11H14N2O3/c14-7-10-4-9(6-13(10)11(15)16)8-2-1-3-12-5-8/h1-3,5,9-10,14H,4,6-7H2,(H,15,16)/t9?,10-/m0/s1. The van der Waals surface area contributed by atoms with E-state index in [4.69, 9.17) is 10.2 Å². The number of likely N-dealkylation sites (tertiary alicyclic amines) is 1. The highest BCUT2D eigenvalue weighted by atomic mass is 16.4. The van der Waals surface area contributed by atoms with Crippen molar-refractivity contribution in [3.05, 3.63) is 30.1 Å². The summed E-state index contributed by atoms with van der Waals surface area (Å²) in [6.07, 6.45) is 3.14. The van der Waals surface area contributed by atoms with Gasteiger partial charge in [0.2, 0.25) is 0 Å². The minimum Gasteiger partial charge on any atom is -0.465 e. The molecule has 1 fully saturated rings. The van der Waals surface area contributed by atoms with Gasteiger partial charge in [0.15, 0.2) is 0 Å². The number of hydrogen-bond acceptors (Lipinski definition) is 3. The lowest BCUT2D eigenvalue weighted by Gasteiger charge is -2.18. The summed E-state index contributed by atoms with van der Waals surface area (Å²) in [4.78, 5) is 16.3. The quantitative estimate of drug-likeness (QED) is 0.780. The van der Waals surface area contributed by atoms with Crippen molar-refractivity contribution >= 4 is 6.09 Å². The molecule has 1 aromatic heterocycles. The SMILES string of the molecule is O=C(O)N1CC(c2cccnc2)C[C@H]1CO. The molecule has 0 bridgehead atoms. The van der Waals surface area contributed by atoms with Crippen LogP contribution in [0.3, 0.4) is 0 Å². The van der Waals surface area contributed by atoms with Crippen LogP contribution in [0.1, 0.15) is 17.9 Å². The fourth-order valence-corrected chi connectivity index (χ4v) is 2.18. The van der Waals surface area contributed by atoms with E-state index in [1.165, 1.54) is 4.90 Å². The maximum Gasteiger partial charge on any atom is 0.407 e. The number of amides is 1. The number of nitrogens with zero attached hydrogens (tertiary/aromatic N) is 2. The molecule has 1 unspecified atom stereocenters. The minimum atomic E-state index is -0.967. The maximum absolute atomic E-state index is 10.9. The zero-order valence-electron chi connectivity index (χ0n) is 8.78. The predicted molar refractivity (Wildman–Crippen MR) is 57.2 cm³/mol. The monoisotopic (exact) mass is 222 g/mol. The lowest BCUT2D eigenvalue weighted by molar-refractivity contribution is 0.118. The summed E-state index contributed by atoms with van der Waals surface area (Å²) < 4.78 is 0. The van der Waals surface area contributed by atoms with Crippen molar-refractivity contribution in [3.63, 3.8) is 0 Å². The number of pyridine rings is 1. The molecule has 2 rings (SSSR count). The molecule has 1 aliphatic rings. The van der Waals surface area contributed by atoms with Crippen molar-refractivity contribution in [1.29, 1.82) is 0 Å². The maximum atomic E-state index is 10.9. The number of rotatable bonds is 2. The molecule has 86 valence electrons. The highest BCUT2D eigenvalue weighted by molar-refractivity contribution is 5.66. The Morgan fingerprint density at radius 3 is 2.94 bits per heavy atom. The molecular formula is C11H14N2O3. The summed E-state index contributed by atoms with van der Waals surface area (Å²) in [6.45, 7) is 0.315. The van der Waals surface area contributed by atoms with Gasteiger partial charge in [0.25, 0.3) is 0 Å². The third-order valence-corrected chi connectivity index (χ3v) is 3.03. The van der Waals surface area contributed by atoms with E-state index in [0.29, 0.717) is 13.0 Å². The van der Waals surface area contributed by atoms with Crippen LogP contribution in [0.15, 0.2) is 24.5 Å². The lowest BCUT2D eigenvalue weighted by atomic mass is 9.98. The van der Waals surface area contributed by atoms with E-state index in [1.54, 1.807) is 12.4 Å². The summed E-state index contributed by atoms with van der Waals surface area (Å²) in [6, 6.07) is 3.49. The molecule has 1 aromatic rings. The van der Waals surface area contributed by atoms with Gasteiger partial charge in [0, 0.05) is 24.9 Å². The van der Waals surface area contributed by atoms with Crippen molar-refractivity contribution in [3.8, 4) is 0 Å². The molecule has 1 aliphatic heterocycles. The van der Waals surface area contributed by atoms with Gasteiger partial charge in [-0.1, -0.05) is 6.07 Å². The summed E-state index contributed by atoms with van der Waals surface area (Å²) in [5, 5.41) is 18.1. The molecule has 0 aliphatic carbocycles. The molecule has 0 spiro atoms. The molecule has 0 radical (unpaired) electrons. The molecule has 0 aromatic carbocycles. The predicted octanol–water partition coefficient (Wildman–Crippen LogP) is 0.910. The molecule has 2 atom stereocenters. The summed E-state index contributed by atoms with van der Waals surface area (Å²) in [7, 11) is 0. The molecule has 2 heterocycles. The first-order valence-corrected chi connectivity index (χ1v) is 5.22. The zero-order valence-corrected chi connectivity index (χ0v) is 8.78. The van der Waals surface area contributed by atoms with E-state index in [9.17, 15) is 4.79 Å². The first-order valence-electron chi connectivity index (χ1n) is 5.22. The Kier molecular flexibility index (Phi) is 3.05. The number of hydrogen-bond donors (Lipinski definition) is 2. The second kappa shape index (κ2) is 4.49. The Labute approximate surface area is 93.3 Å². The van der Waals surface area contributed by atoms with Gasteiger partial charge in [-0.15, -0.1) is 0 Å². The van der Waals surface area contributed by atoms with Gasteiger partial charge >= 0.3 is 6.09 Å². The molecule has 0 saturated carbocycles. The normalized spacial score (nSPS) is 24.7. The Hall–Kier alpha value is -1.62. The zero-order chi connectivity index (χ0) is 11.5. The lowest BCUT2D eigenvalue weighted by Crippen LogP contribution is -2.36. The number of carbonyl (C=O) groups is 1. The largest absolute Gasteiger partial charge is 0.465 e. The highest BCUT2D eigenvalue weighted by Crippen LogP contribution is 2.30. The molecule has 1 amide bonds. The Balaban J connectivity index is 2.14. The van der Waals surface area contributed by atoms with Crippen LogP contribution >= 0.6 is 0 Å². The van der Waals surface area contributed by atoms with Crippen LogP contribution in [-0.4, -0.2) is 45.4 Å².